The zero-order valence-corrected chi connectivity index (χ0v) is 12.5. The maximum atomic E-state index is 12.1. The minimum atomic E-state index is -0.534. The summed E-state index contributed by atoms with van der Waals surface area (Å²) in [7, 11) is 1.37. The van der Waals surface area contributed by atoms with Gasteiger partial charge in [-0.15, -0.1) is 0 Å². The number of anilines is 1. The quantitative estimate of drug-likeness (QED) is 0.519. The smallest absolute Gasteiger partial charge is 0.273 e. The fraction of sp³-hybridized carbons (Fsp3) is 0.0769. The second kappa shape index (κ2) is 6.31. The fourth-order valence-electron chi connectivity index (χ4n) is 1.63. The molecule has 1 amide bonds. The molecule has 2 rings (SSSR count). The van der Waals surface area contributed by atoms with Gasteiger partial charge in [0, 0.05) is 17.8 Å². The van der Waals surface area contributed by atoms with Crippen molar-refractivity contribution in [2.24, 2.45) is 0 Å². The van der Waals surface area contributed by atoms with Crippen LogP contribution in [0.3, 0.4) is 0 Å². The standard InChI is InChI=1S/C13H10BrN3O4/c1-21-11-7-9(17(19)20)2-3-10(11)16-13(18)8-4-5-15-12(14)6-8/h2-7H,1H3,(H,16,18). The molecule has 0 radical (unpaired) electrons. The van der Waals surface area contributed by atoms with E-state index in [1.165, 1.54) is 31.5 Å². The molecule has 0 aliphatic rings. The number of aromatic nitrogens is 1. The summed E-state index contributed by atoms with van der Waals surface area (Å²) in [6.45, 7) is 0. The molecule has 0 saturated carbocycles. The lowest BCUT2D eigenvalue weighted by atomic mass is 10.2. The van der Waals surface area contributed by atoms with Crippen molar-refractivity contribution in [3.05, 3.63) is 56.8 Å². The van der Waals surface area contributed by atoms with Crippen LogP contribution < -0.4 is 10.1 Å². The first-order valence-corrected chi connectivity index (χ1v) is 6.56. The number of amides is 1. The number of non-ortho nitro benzene ring substituents is 1. The molecule has 0 aliphatic heterocycles. The molecular formula is C13H10BrN3O4. The summed E-state index contributed by atoms with van der Waals surface area (Å²) in [4.78, 5) is 26.2. The van der Waals surface area contributed by atoms with Crippen LogP contribution in [0.15, 0.2) is 41.1 Å². The number of nitro benzene ring substituents is 1. The largest absolute Gasteiger partial charge is 0.494 e. The summed E-state index contributed by atoms with van der Waals surface area (Å²) in [5.74, 6) is -0.157. The molecule has 8 heteroatoms. The zero-order valence-electron chi connectivity index (χ0n) is 10.9. The Morgan fingerprint density at radius 2 is 2.14 bits per heavy atom. The second-order valence-corrected chi connectivity index (χ2v) is 4.78. The molecule has 1 aromatic carbocycles. The molecule has 0 saturated heterocycles. The van der Waals surface area contributed by atoms with Gasteiger partial charge in [0.2, 0.25) is 0 Å². The number of nitro groups is 1. The van der Waals surface area contributed by atoms with Gasteiger partial charge in [0.1, 0.15) is 10.4 Å². The number of nitrogens with zero attached hydrogens (tertiary/aromatic N) is 2. The summed E-state index contributed by atoms with van der Waals surface area (Å²) < 4.78 is 5.59. The van der Waals surface area contributed by atoms with Crippen LogP contribution in [-0.4, -0.2) is 22.9 Å². The summed E-state index contributed by atoms with van der Waals surface area (Å²) in [5.41, 5.74) is 0.634. The average molecular weight is 352 g/mol. The van der Waals surface area contributed by atoms with Crippen LogP contribution in [0.2, 0.25) is 0 Å². The van der Waals surface area contributed by atoms with E-state index in [-0.39, 0.29) is 17.3 Å². The molecule has 108 valence electrons. The number of halogens is 1. The van der Waals surface area contributed by atoms with E-state index in [2.05, 4.69) is 26.2 Å². The van der Waals surface area contributed by atoms with E-state index in [1.54, 1.807) is 12.1 Å². The Hall–Kier alpha value is -2.48. The number of nitrogens with one attached hydrogen (secondary N) is 1. The lowest BCUT2D eigenvalue weighted by Gasteiger charge is -2.10. The predicted molar refractivity (Wildman–Crippen MR) is 79.5 cm³/mol. The zero-order chi connectivity index (χ0) is 15.4. The van der Waals surface area contributed by atoms with Crippen molar-refractivity contribution in [3.63, 3.8) is 0 Å². The van der Waals surface area contributed by atoms with Crippen molar-refractivity contribution in [1.29, 1.82) is 0 Å². The third-order valence-electron chi connectivity index (χ3n) is 2.63. The molecule has 0 bridgehead atoms. The van der Waals surface area contributed by atoms with Crippen LogP contribution in [-0.2, 0) is 0 Å². The topological polar surface area (TPSA) is 94.4 Å². The van der Waals surface area contributed by atoms with E-state index in [0.29, 0.717) is 15.9 Å². The number of carbonyl (C=O) groups excluding carboxylic acids is 1. The number of hydrogen-bond donors (Lipinski definition) is 1. The third kappa shape index (κ3) is 3.54. The monoisotopic (exact) mass is 351 g/mol. The normalized spacial score (nSPS) is 10.0. The molecule has 1 aromatic heterocycles. The highest BCUT2D eigenvalue weighted by Crippen LogP contribution is 2.29. The summed E-state index contributed by atoms with van der Waals surface area (Å²) >= 11 is 3.18. The fourth-order valence-corrected chi connectivity index (χ4v) is 2.00. The molecule has 0 spiro atoms. The van der Waals surface area contributed by atoms with Crippen molar-refractivity contribution in [1.82, 2.24) is 4.98 Å². The van der Waals surface area contributed by atoms with E-state index in [0.717, 1.165) is 0 Å². The van der Waals surface area contributed by atoms with Crippen molar-refractivity contribution in [2.45, 2.75) is 0 Å². The van der Waals surface area contributed by atoms with E-state index < -0.39 is 4.92 Å². The maximum absolute atomic E-state index is 12.1. The van der Waals surface area contributed by atoms with E-state index in [1.807, 2.05) is 0 Å². The molecular weight excluding hydrogens is 342 g/mol. The van der Waals surface area contributed by atoms with Gasteiger partial charge in [-0.1, -0.05) is 0 Å². The van der Waals surface area contributed by atoms with Gasteiger partial charge in [-0.2, -0.15) is 0 Å². The Morgan fingerprint density at radius 1 is 1.38 bits per heavy atom. The Morgan fingerprint density at radius 3 is 2.76 bits per heavy atom. The number of methoxy groups -OCH3 is 1. The van der Waals surface area contributed by atoms with Crippen molar-refractivity contribution >= 4 is 33.2 Å². The van der Waals surface area contributed by atoms with Crippen LogP contribution in [0, 0.1) is 10.1 Å². The number of carbonyl (C=O) groups is 1. The van der Waals surface area contributed by atoms with Gasteiger partial charge in [-0.3, -0.25) is 14.9 Å². The lowest BCUT2D eigenvalue weighted by molar-refractivity contribution is -0.384. The number of ether oxygens (including phenoxy) is 1. The molecule has 0 atom stereocenters. The van der Waals surface area contributed by atoms with Crippen molar-refractivity contribution < 1.29 is 14.5 Å². The number of pyridine rings is 1. The lowest BCUT2D eigenvalue weighted by Crippen LogP contribution is -2.12. The van der Waals surface area contributed by atoms with Gasteiger partial charge in [0.25, 0.3) is 11.6 Å². The third-order valence-corrected chi connectivity index (χ3v) is 3.07. The first kappa shape index (κ1) is 14.9. The molecule has 21 heavy (non-hydrogen) atoms. The maximum Gasteiger partial charge on any atom is 0.273 e. The molecule has 0 fully saturated rings. The van der Waals surface area contributed by atoms with Gasteiger partial charge in [0.05, 0.1) is 23.8 Å². The highest BCUT2D eigenvalue weighted by molar-refractivity contribution is 9.10. The molecule has 0 unspecified atom stereocenters. The SMILES string of the molecule is COc1cc([N+](=O)[O-])ccc1NC(=O)c1ccnc(Br)c1. The van der Waals surface area contributed by atoms with Gasteiger partial charge in [-0.25, -0.2) is 4.98 Å². The van der Waals surface area contributed by atoms with Crippen LogP contribution in [0.25, 0.3) is 0 Å². The Balaban J connectivity index is 2.27. The summed E-state index contributed by atoms with van der Waals surface area (Å²) in [6.07, 6.45) is 1.49. The molecule has 7 nitrogen and oxygen atoms in total. The number of benzene rings is 1. The van der Waals surface area contributed by atoms with E-state index in [4.69, 9.17) is 4.74 Å². The van der Waals surface area contributed by atoms with Gasteiger partial charge in [0.15, 0.2) is 0 Å². The molecule has 0 aliphatic carbocycles. The highest BCUT2D eigenvalue weighted by atomic mass is 79.9. The van der Waals surface area contributed by atoms with Crippen molar-refractivity contribution in [2.75, 3.05) is 12.4 Å². The van der Waals surface area contributed by atoms with Crippen LogP contribution in [0.1, 0.15) is 10.4 Å². The minimum absolute atomic E-state index is 0.114. The highest BCUT2D eigenvalue weighted by Gasteiger charge is 2.14. The minimum Gasteiger partial charge on any atom is -0.494 e. The Bertz CT molecular complexity index is 706. The van der Waals surface area contributed by atoms with Gasteiger partial charge in [-0.05, 0) is 34.1 Å². The van der Waals surface area contributed by atoms with Crippen LogP contribution in [0.4, 0.5) is 11.4 Å². The van der Waals surface area contributed by atoms with E-state index in [9.17, 15) is 14.9 Å². The first-order chi connectivity index (χ1) is 10.0. The van der Waals surface area contributed by atoms with Crippen LogP contribution in [0.5, 0.6) is 5.75 Å². The molecule has 1 heterocycles. The van der Waals surface area contributed by atoms with Gasteiger partial charge < -0.3 is 10.1 Å². The summed E-state index contributed by atoms with van der Waals surface area (Å²) in [6, 6.07) is 7.08. The van der Waals surface area contributed by atoms with Crippen molar-refractivity contribution in [3.8, 4) is 5.75 Å². The van der Waals surface area contributed by atoms with Crippen LogP contribution >= 0.6 is 15.9 Å². The van der Waals surface area contributed by atoms with E-state index >= 15 is 0 Å². The number of rotatable bonds is 4. The predicted octanol–water partition coefficient (Wildman–Crippen LogP) is 3.01. The summed E-state index contributed by atoms with van der Waals surface area (Å²) in [5, 5.41) is 13.3. The first-order valence-electron chi connectivity index (χ1n) is 5.76. The Labute approximate surface area is 128 Å². The van der Waals surface area contributed by atoms with Gasteiger partial charge >= 0.3 is 0 Å². The number of hydrogen-bond acceptors (Lipinski definition) is 5. The molecule has 1 N–H and O–H groups in total. The Kier molecular flexibility index (Phi) is 4.49. The molecule has 2 aromatic rings. The second-order valence-electron chi connectivity index (χ2n) is 3.96. The average Bonchev–Trinajstić information content (AvgIpc) is 2.47.